The summed E-state index contributed by atoms with van der Waals surface area (Å²) in [5, 5.41) is 8.35. The van der Waals surface area contributed by atoms with Gasteiger partial charge >= 0.3 is 5.97 Å². The summed E-state index contributed by atoms with van der Waals surface area (Å²) in [6, 6.07) is 0. The molecule has 1 aromatic carbocycles. The molecule has 0 spiro atoms. The van der Waals surface area contributed by atoms with Gasteiger partial charge in [0, 0.05) is 5.56 Å². The molecule has 0 saturated carbocycles. The average Bonchev–Trinajstić information content (AvgIpc) is 2.16. The van der Waals surface area contributed by atoms with Gasteiger partial charge in [-0.25, -0.2) is 22.4 Å². The molecular weight excluding hydrogens is 216 g/mol. The highest BCUT2D eigenvalue weighted by molar-refractivity contribution is 5.88. The first-order valence-corrected chi connectivity index (χ1v) is 3.99. The number of hydrogen-bond acceptors (Lipinski definition) is 1. The highest BCUT2D eigenvalue weighted by Gasteiger charge is 2.28. The third-order valence-corrected chi connectivity index (χ3v) is 1.92. The summed E-state index contributed by atoms with van der Waals surface area (Å²) < 4.78 is 52.0. The normalized spacial score (nSPS) is 10.5. The highest BCUT2D eigenvalue weighted by atomic mass is 19.2. The molecule has 0 aliphatic carbocycles. The van der Waals surface area contributed by atoms with Crippen LogP contribution in [0.25, 0.3) is 0 Å². The molecule has 0 aromatic heterocycles. The molecule has 1 aromatic rings. The molecule has 0 radical (unpaired) electrons. The van der Waals surface area contributed by atoms with Gasteiger partial charge in [-0.1, -0.05) is 6.92 Å². The van der Waals surface area contributed by atoms with Crippen molar-refractivity contribution in [1.29, 1.82) is 0 Å². The van der Waals surface area contributed by atoms with Crippen LogP contribution in [-0.4, -0.2) is 11.1 Å². The molecule has 0 amide bonds. The van der Waals surface area contributed by atoms with Gasteiger partial charge in [-0.15, -0.1) is 0 Å². The van der Waals surface area contributed by atoms with Crippen LogP contribution in [-0.2, 0) is 6.42 Å². The molecule has 1 rings (SSSR count). The number of carboxylic acids is 1. The minimum atomic E-state index is -2.05. The van der Waals surface area contributed by atoms with E-state index in [0.717, 1.165) is 0 Å². The van der Waals surface area contributed by atoms with Crippen LogP contribution in [0.4, 0.5) is 17.6 Å². The van der Waals surface area contributed by atoms with Crippen molar-refractivity contribution in [2.75, 3.05) is 0 Å². The van der Waals surface area contributed by atoms with Crippen molar-refractivity contribution in [1.82, 2.24) is 0 Å². The number of benzene rings is 1. The molecule has 0 heterocycles. The average molecular weight is 222 g/mol. The van der Waals surface area contributed by atoms with Gasteiger partial charge < -0.3 is 5.11 Å². The predicted octanol–water partition coefficient (Wildman–Crippen LogP) is 2.50. The van der Waals surface area contributed by atoms with Crippen molar-refractivity contribution in [2.24, 2.45) is 0 Å². The van der Waals surface area contributed by atoms with E-state index in [1.165, 1.54) is 6.92 Å². The summed E-state index contributed by atoms with van der Waals surface area (Å²) in [6.45, 7) is 1.29. The van der Waals surface area contributed by atoms with Crippen LogP contribution >= 0.6 is 0 Å². The monoisotopic (exact) mass is 222 g/mol. The zero-order valence-corrected chi connectivity index (χ0v) is 7.57. The van der Waals surface area contributed by atoms with E-state index >= 15 is 0 Å². The predicted molar refractivity (Wildman–Crippen MR) is 42.6 cm³/mol. The van der Waals surface area contributed by atoms with Gasteiger partial charge in [0.05, 0.1) is 0 Å². The Hall–Kier alpha value is -1.59. The molecule has 0 aliphatic heterocycles. The van der Waals surface area contributed by atoms with E-state index in [1.807, 2.05) is 0 Å². The van der Waals surface area contributed by atoms with E-state index in [4.69, 9.17) is 5.11 Å². The molecule has 2 nitrogen and oxygen atoms in total. The lowest BCUT2D eigenvalue weighted by atomic mass is 10.1. The lowest BCUT2D eigenvalue weighted by Gasteiger charge is -2.07. The summed E-state index contributed by atoms with van der Waals surface area (Å²) in [4.78, 5) is 10.3. The van der Waals surface area contributed by atoms with Gasteiger partial charge in [-0.2, -0.15) is 0 Å². The van der Waals surface area contributed by atoms with Gasteiger partial charge in [-0.3, -0.25) is 0 Å². The largest absolute Gasteiger partial charge is 0.477 e. The second-order valence-electron chi connectivity index (χ2n) is 2.77. The van der Waals surface area contributed by atoms with Crippen molar-refractivity contribution in [3.63, 3.8) is 0 Å². The van der Waals surface area contributed by atoms with Gasteiger partial charge in [-0.05, 0) is 6.42 Å². The van der Waals surface area contributed by atoms with Crippen LogP contribution in [0.2, 0.25) is 0 Å². The maximum Gasteiger partial charge on any atom is 0.341 e. The van der Waals surface area contributed by atoms with Crippen molar-refractivity contribution in [3.05, 3.63) is 34.4 Å². The third kappa shape index (κ3) is 1.67. The number of carbonyl (C=O) groups is 1. The van der Waals surface area contributed by atoms with Crippen molar-refractivity contribution >= 4 is 5.97 Å². The summed E-state index contributed by atoms with van der Waals surface area (Å²) in [5.41, 5.74) is -2.41. The number of aromatic carboxylic acids is 1. The van der Waals surface area contributed by atoms with Gasteiger partial charge in [0.25, 0.3) is 0 Å². The SMILES string of the molecule is CCc1c(F)c(F)c(C(=O)O)c(F)c1F. The minimum Gasteiger partial charge on any atom is -0.477 e. The summed E-state index contributed by atoms with van der Waals surface area (Å²) in [5.74, 6) is -9.12. The van der Waals surface area contributed by atoms with Gasteiger partial charge in [0.15, 0.2) is 23.3 Å². The molecule has 1 N–H and O–H groups in total. The molecule has 15 heavy (non-hydrogen) atoms. The summed E-state index contributed by atoms with van der Waals surface area (Å²) >= 11 is 0. The molecule has 0 unspecified atom stereocenters. The fraction of sp³-hybridized carbons (Fsp3) is 0.222. The number of carboxylic acid groups (broad SMARTS) is 1. The Kier molecular flexibility index (Phi) is 2.97. The van der Waals surface area contributed by atoms with E-state index in [-0.39, 0.29) is 6.42 Å². The summed E-state index contributed by atoms with van der Waals surface area (Å²) in [6.07, 6.45) is -0.272. The van der Waals surface area contributed by atoms with Crippen LogP contribution in [0, 0.1) is 23.3 Å². The first-order valence-electron chi connectivity index (χ1n) is 3.99. The fourth-order valence-electron chi connectivity index (χ4n) is 1.18. The van der Waals surface area contributed by atoms with E-state index in [2.05, 4.69) is 0 Å². The maximum absolute atomic E-state index is 13.0. The van der Waals surface area contributed by atoms with Gasteiger partial charge in [0.2, 0.25) is 0 Å². The van der Waals surface area contributed by atoms with E-state index in [0.29, 0.717) is 0 Å². The smallest absolute Gasteiger partial charge is 0.341 e. The molecule has 0 bridgehead atoms. The third-order valence-electron chi connectivity index (χ3n) is 1.92. The molecule has 6 heteroatoms. The second-order valence-corrected chi connectivity index (χ2v) is 2.77. The lowest BCUT2D eigenvalue weighted by Crippen LogP contribution is -2.12. The quantitative estimate of drug-likeness (QED) is 0.616. The molecule has 0 aliphatic rings. The van der Waals surface area contributed by atoms with Gasteiger partial charge in [0.1, 0.15) is 5.56 Å². The van der Waals surface area contributed by atoms with E-state index < -0.39 is 40.4 Å². The Morgan fingerprint density at radius 1 is 1.07 bits per heavy atom. The number of hydrogen-bond donors (Lipinski definition) is 1. The standard InChI is InChI=1S/C9H6F4O2/c1-2-3-5(10)7(12)4(9(14)15)8(13)6(3)11/h2H2,1H3,(H,14,15). The first-order chi connectivity index (χ1) is 6.91. The summed E-state index contributed by atoms with van der Waals surface area (Å²) in [7, 11) is 0. The topological polar surface area (TPSA) is 37.3 Å². The Morgan fingerprint density at radius 3 is 1.73 bits per heavy atom. The zero-order chi connectivity index (χ0) is 11.7. The number of rotatable bonds is 2. The lowest BCUT2D eigenvalue weighted by molar-refractivity contribution is 0.0683. The second kappa shape index (κ2) is 3.88. The minimum absolute atomic E-state index is 0.272. The molecule has 0 atom stereocenters. The Labute approximate surface area is 82.1 Å². The molecule has 0 fully saturated rings. The van der Waals surface area contributed by atoms with Crippen LogP contribution in [0.15, 0.2) is 0 Å². The molecule has 82 valence electrons. The van der Waals surface area contributed by atoms with E-state index in [9.17, 15) is 22.4 Å². The van der Waals surface area contributed by atoms with E-state index in [1.54, 1.807) is 0 Å². The fourth-order valence-corrected chi connectivity index (χ4v) is 1.18. The molecule has 0 saturated heterocycles. The zero-order valence-electron chi connectivity index (χ0n) is 7.57. The Balaban J connectivity index is 3.66. The molecular formula is C9H6F4O2. The first kappa shape index (κ1) is 11.5. The Bertz CT molecular complexity index is 400. The number of halogens is 4. The van der Waals surface area contributed by atoms with Crippen LogP contribution in [0.3, 0.4) is 0 Å². The van der Waals surface area contributed by atoms with Crippen molar-refractivity contribution in [2.45, 2.75) is 13.3 Å². The van der Waals surface area contributed by atoms with Crippen LogP contribution in [0.5, 0.6) is 0 Å². The highest BCUT2D eigenvalue weighted by Crippen LogP contribution is 2.24. The maximum atomic E-state index is 13.0. The van der Waals surface area contributed by atoms with Crippen molar-refractivity contribution < 1.29 is 27.5 Å². The van der Waals surface area contributed by atoms with Crippen LogP contribution in [0.1, 0.15) is 22.8 Å². The Morgan fingerprint density at radius 2 is 1.47 bits per heavy atom. The van der Waals surface area contributed by atoms with Crippen molar-refractivity contribution in [3.8, 4) is 0 Å². The van der Waals surface area contributed by atoms with Crippen LogP contribution < -0.4 is 0 Å².